The lowest BCUT2D eigenvalue weighted by Crippen LogP contribution is -2.51. The van der Waals surface area contributed by atoms with Gasteiger partial charge in [0.2, 0.25) is 5.91 Å². The fourth-order valence-corrected chi connectivity index (χ4v) is 2.61. The predicted octanol–water partition coefficient (Wildman–Crippen LogP) is 1.51. The summed E-state index contributed by atoms with van der Waals surface area (Å²) in [6.07, 6.45) is 1.92. The first-order chi connectivity index (χ1) is 10.1. The Balaban J connectivity index is 2.02. The number of nitrogens with one attached hydrogen (secondary N) is 1. The van der Waals surface area contributed by atoms with E-state index in [2.05, 4.69) is 22.2 Å². The third-order valence-electron chi connectivity index (χ3n) is 3.81. The maximum Gasteiger partial charge on any atom is 0.306 e. The summed E-state index contributed by atoms with van der Waals surface area (Å²) in [6.45, 7) is 0. The normalized spacial score (nSPS) is 20.0. The molecule has 1 aromatic carbocycles. The molecule has 0 aliphatic heterocycles. The minimum Gasteiger partial charge on any atom is -0.469 e. The van der Waals surface area contributed by atoms with Crippen molar-refractivity contribution in [1.82, 2.24) is 5.32 Å². The van der Waals surface area contributed by atoms with Gasteiger partial charge in [0.05, 0.1) is 19.6 Å². The fraction of sp³-hybridized carbons (Fsp3) is 0.438. The van der Waals surface area contributed by atoms with Gasteiger partial charge in [-0.05, 0) is 24.0 Å². The second kappa shape index (κ2) is 6.40. The number of rotatable bonds is 4. The van der Waals surface area contributed by atoms with Crippen LogP contribution in [0.2, 0.25) is 0 Å². The molecule has 110 valence electrons. The predicted molar refractivity (Wildman–Crippen MR) is 76.2 cm³/mol. The van der Waals surface area contributed by atoms with Gasteiger partial charge in [0.1, 0.15) is 5.54 Å². The van der Waals surface area contributed by atoms with Crippen molar-refractivity contribution in [3.63, 3.8) is 0 Å². The molecule has 0 saturated heterocycles. The van der Waals surface area contributed by atoms with Crippen LogP contribution in [0.5, 0.6) is 0 Å². The van der Waals surface area contributed by atoms with Crippen molar-refractivity contribution in [3.05, 3.63) is 35.4 Å². The van der Waals surface area contributed by atoms with Gasteiger partial charge in [0.15, 0.2) is 0 Å². The highest BCUT2D eigenvalue weighted by molar-refractivity contribution is 5.82. The number of nitriles is 1. The van der Waals surface area contributed by atoms with Gasteiger partial charge < -0.3 is 10.1 Å². The molecule has 2 rings (SSSR count). The number of carbonyl (C=O) groups is 2. The van der Waals surface area contributed by atoms with Gasteiger partial charge in [-0.25, -0.2) is 0 Å². The third kappa shape index (κ3) is 3.60. The first kappa shape index (κ1) is 15.0. The number of ether oxygens (including phenoxy) is 1. The number of amides is 1. The Hall–Kier alpha value is -2.35. The standard InChI is InChI=1S/C16H18N2O3/c1-21-15(20)7-6-14(19)18-16(11-17)9-8-12-4-2-3-5-13(12)10-16/h2-5H,6-10H2,1H3,(H,18,19)/t16-/m0/s1. The minimum atomic E-state index is -0.873. The molecule has 0 saturated carbocycles. The average Bonchev–Trinajstić information content (AvgIpc) is 2.52. The summed E-state index contributed by atoms with van der Waals surface area (Å²) in [5.41, 5.74) is 1.45. The van der Waals surface area contributed by atoms with E-state index in [4.69, 9.17) is 0 Å². The Morgan fingerprint density at radius 2 is 2.05 bits per heavy atom. The lowest BCUT2D eigenvalue weighted by atomic mass is 9.78. The molecule has 0 fully saturated rings. The van der Waals surface area contributed by atoms with E-state index < -0.39 is 11.5 Å². The van der Waals surface area contributed by atoms with Crippen molar-refractivity contribution in [2.75, 3.05) is 7.11 Å². The molecule has 0 aromatic heterocycles. The molecule has 1 aliphatic carbocycles. The number of aryl methyl sites for hydroxylation is 1. The van der Waals surface area contributed by atoms with Gasteiger partial charge in [-0.15, -0.1) is 0 Å². The molecule has 0 heterocycles. The van der Waals surface area contributed by atoms with Crippen molar-refractivity contribution < 1.29 is 14.3 Å². The summed E-state index contributed by atoms with van der Waals surface area (Å²) in [4.78, 5) is 23.0. The number of fused-ring (bicyclic) bond motifs is 1. The van der Waals surface area contributed by atoms with Gasteiger partial charge in [-0.1, -0.05) is 24.3 Å². The lowest BCUT2D eigenvalue weighted by molar-refractivity contribution is -0.142. The highest BCUT2D eigenvalue weighted by Crippen LogP contribution is 2.28. The highest BCUT2D eigenvalue weighted by atomic mass is 16.5. The van der Waals surface area contributed by atoms with E-state index in [1.165, 1.54) is 12.7 Å². The summed E-state index contributed by atoms with van der Waals surface area (Å²) in [5.74, 6) is -0.716. The van der Waals surface area contributed by atoms with E-state index in [0.29, 0.717) is 12.8 Å². The average molecular weight is 286 g/mol. The Morgan fingerprint density at radius 1 is 1.33 bits per heavy atom. The minimum absolute atomic E-state index is 0.0282. The second-order valence-corrected chi connectivity index (χ2v) is 5.26. The molecule has 1 aromatic rings. The molecule has 1 atom stereocenters. The fourth-order valence-electron chi connectivity index (χ4n) is 2.61. The molecule has 0 bridgehead atoms. The SMILES string of the molecule is COC(=O)CCC(=O)N[C@@]1(C#N)CCc2ccccc2C1. The van der Waals surface area contributed by atoms with E-state index in [1.807, 2.05) is 18.2 Å². The van der Waals surface area contributed by atoms with Crippen LogP contribution in [-0.2, 0) is 27.2 Å². The van der Waals surface area contributed by atoms with Crippen LogP contribution in [0.3, 0.4) is 0 Å². The third-order valence-corrected chi connectivity index (χ3v) is 3.81. The van der Waals surface area contributed by atoms with Crippen LogP contribution < -0.4 is 5.32 Å². The smallest absolute Gasteiger partial charge is 0.306 e. The summed E-state index contributed by atoms with van der Waals surface area (Å²) >= 11 is 0. The molecule has 1 N–H and O–H groups in total. The van der Waals surface area contributed by atoms with Crippen LogP contribution in [0, 0.1) is 11.3 Å². The maximum absolute atomic E-state index is 11.9. The first-order valence-electron chi connectivity index (χ1n) is 6.94. The second-order valence-electron chi connectivity index (χ2n) is 5.26. The van der Waals surface area contributed by atoms with Crippen LogP contribution in [-0.4, -0.2) is 24.5 Å². The summed E-state index contributed by atoms with van der Waals surface area (Å²) in [6, 6.07) is 10.2. The Morgan fingerprint density at radius 3 is 2.71 bits per heavy atom. The molecular weight excluding hydrogens is 268 g/mol. The van der Waals surface area contributed by atoms with Gasteiger partial charge in [0, 0.05) is 12.8 Å². The molecule has 0 spiro atoms. The molecule has 5 heteroatoms. The van der Waals surface area contributed by atoms with Crippen LogP contribution in [0.1, 0.15) is 30.4 Å². The molecular formula is C16H18N2O3. The number of hydrogen-bond acceptors (Lipinski definition) is 4. The van der Waals surface area contributed by atoms with E-state index in [-0.39, 0.29) is 18.7 Å². The maximum atomic E-state index is 11.9. The number of carbonyl (C=O) groups excluding carboxylic acids is 2. The zero-order chi connectivity index (χ0) is 15.3. The molecule has 0 radical (unpaired) electrons. The van der Waals surface area contributed by atoms with Crippen molar-refractivity contribution in [2.45, 2.75) is 37.6 Å². The van der Waals surface area contributed by atoms with Gasteiger partial charge >= 0.3 is 5.97 Å². The molecule has 0 unspecified atom stereocenters. The number of benzene rings is 1. The van der Waals surface area contributed by atoms with E-state index in [1.54, 1.807) is 0 Å². The van der Waals surface area contributed by atoms with Gasteiger partial charge in [-0.2, -0.15) is 5.26 Å². The van der Waals surface area contributed by atoms with Crippen molar-refractivity contribution >= 4 is 11.9 Å². The van der Waals surface area contributed by atoms with E-state index in [0.717, 1.165) is 12.0 Å². The van der Waals surface area contributed by atoms with Crippen LogP contribution >= 0.6 is 0 Å². The zero-order valence-corrected chi connectivity index (χ0v) is 12.0. The molecule has 1 amide bonds. The van der Waals surface area contributed by atoms with Gasteiger partial charge in [-0.3, -0.25) is 9.59 Å². The number of methoxy groups -OCH3 is 1. The largest absolute Gasteiger partial charge is 0.469 e. The topological polar surface area (TPSA) is 79.2 Å². The zero-order valence-electron chi connectivity index (χ0n) is 12.0. The Bertz CT molecular complexity index is 591. The van der Waals surface area contributed by atoms with Crippen LogP contribution in [0.4, 0.5) is 0 Å². The number of esters is 1. The van der Waals surface area contributed by atoms with E-state index >= 15 is 0 Å². The highest BCUT2D eigenvalue weighted by Gasteiger charge is 2.35. The Labute approximate surface area is 123 Å². The van der Waals surface area contributed by atoms with Crippen molar-refractivity contribution in [2.24, 2.45) is 0 Å². The Kier molecular flexibility index (Phi) is 4.59. The molecule has 5 nitrogen and oxygen atoms in total. The monoisotopic (exact) mass is 286 g/mol. The summed E-state index contributed by atoms with van der Waals surface area (Å²) in [7, 11) is 1.29. The lowest BCUT2D eigenvalue weighted by Gasteiger charge is -2.33. The number of hydrogen-bond donors (Lipinski definition) is 1. The van der Waals surface area contributed by atoms with Crippen molar-refractivity contribution in [3.8, 4) is 6.07 Å². The first-order valence-corrected chi connectivity index (χ1v) is 6.94. The summed E-state index contributed by atoms with van der Waals surface area (Å²) in [5, 5.41) is 12.3. The van der Waals surface area contributed by atoms with Gasteiger partial charge in [0.25, 0.3) is 0 Å². The molecule has 1 aliphatic rings. The quantitative estimate of drug-likeness (QED) is 0.851. The van der Waals surface area contributed by atoms with Crippen LogP contribution in [0.15, 0.2) is 24.3 Å². The van der Waals surface area contributed by atoms with E-state index in [9.17, 15) is 14.9 Å². The number of nitrogens with zero attached hydrogens (tertiary/aromatic N) is 1. The molecule has 21 heavy (non-hydrogen) atoms. The summed E-state index contributed by atoms with van der Waals surface area (Å²) < 4.78 is 4.50. The van der Waals surface area contributed by atoms with Crippen molar-refractivity contribution in [1.29, 1.82) is 5.26 Å². The van der Waals surface area contributed by atoms with Crippen LogP contribution in [0.25, 0.3) is 0 Å².